The van der Waals surface area contributed by atoms with Gasteiger partial charge in [-0.3, -0.25) is 4.57 Å². The van der Waals surface area contributed by atoms with Crippen LogP contribution in [0.3, 0.4) is 0 Å². The minimum Gasteiger partial charge on any atom is -0.338 e. The minimum atomic E-state index is -4.08. The van der Waals surface area contributed by atoms with Crippen LogP contribution in [0.5, 0.6) is 0 Å². The molecule has 0 saturated carbocycles. The number of halogens is 3. The van der Waals surface area contributed by atoms with Crippen molar-refractivity contribution in [3.8, 4) is 11.1 Å². The summed E-state index contributed by atoms with van der Waals surface area (Å²) in [6.45, 7) is 0. The monoisotopic (exact) mass is 348 g/mol. The molecule has 24 heavy (non-hydrogen) atoms. The van der Waals surface area contributed by atoms with Gasteiger partial charge in [0.2, 0.25) is 0 Å². The van der Waals surface area contributed by atoms with Crippen LogP contribution in [-0.4, -0.2) is 4.89 Å². The molecule has 3 aromatic rings. The molecule has 3 rings (SSSR count). The van der Waals surface area contributed by atoms with Gasteiger partial charge in [-0.2, -0.15) is 0 Å². The summed E-state index contributed by atoms with van der Waals surface area (Å²) in [7, 11) is -4.08. The van der Waals surface area contributed by atoms with Crippen LogP contribution < -0.4 is 10.6 Å². The van der Waals surface area contributed by atoms with Gasteiger partial charge in [-0.1, -0.05) is 12.1 Å². The van der Waals surface area contributed by atoms with Crippen LogP contribution in [-0.2, 0) is 4.57 Å². The standard InChI is InChI=1S/C18H12F3O2P/c19-13-3-1-12(2-4-13)17-11-15(21)7-10-18(17)24(22,23)16-8-5-14(20)6-9-16/h1-11H,(H,22,23). The molecule has 6 heteroatoms. The highest BCUT2D eigenvalue weighted by Gasteiger charge is 2.28. The molecule has 1 atom stereocenters. The molecule has 0 aliphatic carbocycles. The second-order valence-corrected chi connectivity index (χ2v) is 7.37. The molecule has 0 spiro atoms. The van der Waals surface area contributed by atoms with Gasteiger partial charge in [0.1, 0.15) is 17.5 Å². The molecule has 0 radical (unpaired) electrons. The maximum Gasteiger partial charge on any atom is 0.259 e. The molecule has 3 aromatic carbocycles. The molecule has 0 heterocycles. The Bertz CT molecular complexity index is 922. The summed E-state index contributed by atoms with van der Waals surface area (Å²) >= 11 is 0. The van der Waals surface area contributed by atoms with Gasteiger partial charge >= 0.3 is 0 Å². The van der Waals surface area contributed by atoms with Crippen molar-refractivity contribution < 1.29 is 22.6 Å². The largest absolute Gasteiger partial charge is 0.338 e. The molecule has 0 amide bonds. The Hall–Kier alpha value is -2.36. The van der Waals surface area contributed by atoms with Crippen LogP contribution in [0.2, 0.25) is 0 Å². The Kier molecular flexibility index (Phi) is 4.31. The fourth-order valence-electron chi connectivity index (χ4n) is 2.42. The van der Waals surface area contributed by atoms with Gasteiger partial charge in [-0.15, -0.1) is 0 Å². The summed E-state index contributed by atoms with van der Waals surface area (Å²) in [6, 6.07) is 13.2. The first-order valence-corrected chi connectivity index (χ1v) is 8.69. The highest BCUT2D eigenvalue weighted by molar-refractivity contribution is 7.73. The van der Waals surface area contributed by atoms with E-state index in [1.54, 1.807) is 0 Å². The summed E-state index contributed by atoms with van der Waals surface area (Å²) in [4.78, 5) is 10.6. The molecule has 0 fully saturated rings. The second kappa shape index (κ2) is 6.27. The van der Waals surface area contributed by atoms with E-state index >= 15 is 0 Å². The quantitative estimate of drug-likeness (QED) is 0.727. The van der Waals surface area contributed by atoms with E-state index < -0.39 is 24.8 Å². The van der Waals surface area contributed by atoms with Crippen molar-refractivity contribution in [1.82, 2.24) is 0 Å². The van der Waals surface area contributed by atoms with E-state index in [-0.39, 0.29) is 16.2 Å². The summed E-state index contributed by atoms with van der Waals surface area (Å²) < 4.78 is 52.8. The van der Waals surface area contributed by atoms with Crippen molar-refractivity contribution in [1.29, 1.82) is 0 Å². The Morgan fingerprint density at radius 2 is 1.21 bits per heavy atom. The smallest absolute Gasteiger partial charge is 0.259 e. The lowest BCUT2D eigenvalue weighted by Gasteiger charge is -2.17. The van der Waals surface area contributed by atoms with Crippen molar-refractivity contribution in [3.63, 3.8) is 0 Å². The molecule has 0 bridgehead atoms. The van der Waals surface area contributed by atoms with Crippen molar-refractivity contribution in [2.24, 2.45) is 0 Å². The molecule has 1 unspecified atom stereocenters. The fraction of sp³-hybridized carbons (Fsp3) is 0. The number of rotatable bonds is 3. The highest BCUT2D eigenvalue weighted by Crippen LogP contribution is 2.41. The van der Waals surface area contributed by atoms with Gasteiger partial charge in [0.05, 0.1) is 0 Å². The third kappa shape index (κ3) is 3.14. The lowest BCUT2D eigenvalue weighted by atomic mass is 10.1. The molecular formula is C18H12F3O2P. The van der Waals surface area contributed by atoms with E-state index in [0.29, 0.717) is 5.56 Å². The van der Waals surface area contributed by atoms with Gasteiger partial charge in [-0.25, -0.2) is 13.2 Å². The van der Waals surface area contributed by atoms with E-state index in [2.05, 4.69) is 0 Å². The van der Waals surface area contributed by atoms with Crippen LogP contribution in [0, 0.1) is 17.5 Å². The van der Waals surface area contributed by atoms with E-state index in [4.69, 9.17) is 0 Å². The van der Waals surface area contributed by atoms with Gasteiger partial charge < -0.3 is 4.89 Å². The Labute approximate surface area is 136 Å². The van der Waals surface area contributed by atoms with E-state index in [9.17, 15) is 22.6 Å². The lowest BCUT2D eigenvalue weighted by Crippen LogP contribution is -2.18. The average molecular weight is 348 g/mol. The van der Waals surface area contributed by atoms with Crippen molar-refractivity contribution >= 4 is 18.0 Å². The van der Waals surface area contributed by atoms with Gasteiger partial charge in [0.25, 0.3) is 7.37 Å². The minimum absolute atomic E-state index is 0.00196. The number of hydrogen-bond acceptors (Lipinski definition) is 1. The zero-order valence-electron chi connectivity index (χ0n) is 12.3. The van der Waals surface area contributed by atoms with Crippen LogP contribution in [0.1, 0.15) is 0 Å². The topological polar surface area (TPSA) is 37.3 Å². The zero-order chi connectivity index (χ0) is 17.3. The van der Waals surface area contributed by atoms with Gasteiger partial charge in [-0.05, 0) is 65.7 Å². The number of benzene rings is 3. The summed E-state index contributed by atoms with van der Waals surface area (Å²) in [5.41, 5.74) is 0.590. The maximum atomic E-state index is 13.7. The first-order chi connectivity index (χ1) is 11.4. The van der Waals surface area contributed by atoms with Crippen LogP contribution in [0.4, 0.5) is 13.2 Å². The third-order valence-electron chi connectivity index (χ3n) is 3.62. The van der Waals surface area contributed by atoms with E-state index in [1.807, 2.05) is 0 Å². The summed E-state index contributed by atoms with van der Waals surface area (Å²) in [5, 5.41) is 0.0287. The van der Waals surface area contributed by atoms with Crippen LogP contribution in [0.25, 0.3) is 11.1 Å². The molecular weight excluding hydrogens is 336 g/mol. The Balaban J connectivity index is 2.19. The Morgan fingerprint density at radius 3 is 1.79 bits per heavy atom. The van der Waals surface area contributed by atoms with Gasteiger partial charge in [0.15, 0.2) is 0 Å². The molecule has 0 saturated heterocycles. The summed E-state index contributed by atoms with van der Waals surface area (Å²) in [5.74, 6) is -1.59. The molecule has 1 N–H and O–H groups in total. The number of hydrogen-bond donors (Lipinski definition) is 1. The molecule has 0 aromatic heterocycles. The van der Waals surface area contributed by atoms with E-state index in [0.717, 1.165) is 24.3 Å². The zero-order valence-corrected chi connectivity index (χ0v) is 13.2. The average Bonchev–Trinajstić information content (AvgIpc) is 2.55. The normalized spacial score (nSPS) is 13.5. The molecule has 0 aliphatic rings. The van der Waals surface area contributed by atoms with Crippen molar-refractivity contribution in [2.75, 3.05) is 0 Å². The SMILES string of the molecule is O=P(O)(c1ccc(F)cc1)c1ccc(F)cc1-c1ccc(F)cc1. The summed E-state index contributed by atoms with van der Waals surface area (Å²) in [6.07, 6.45) is 0. The first-order valence-electron chi connectivity index (χ1n) is 7.03. The molecule has 0 aliphatic heterocycles. The predicted octanol–water partition coefficient (Wildman–Crippen LogP) is 3.99. The maximum absolute atomic E-state index is 13.7. The second-order valence-electron chi connectivity index (χ2n) is 5.22. The molecule has 2 nitrogen and oxygen atoms in total. The Morgan fingerprint density at radius 1 is 0.708 bits per heavy atom. The highest BCUT2D eigenvalue weighted by atomic mass is 31.2. The fourth-order valence-corrected chi connectivity index (χ4v) is 4.04. The molecule has 122 valence electrons. The van der Waals surface area contributed by atoms with Crippen LogP contribution >= 0.6 is 7.37 Å². The van der Waals surface area contributed by atoms with Crippen LogP contribution in [0.15, 0.2) is 66.7 Å². The predicted molar refractivity (Wildman–Crippen MR) is 87.3 cm³/mol. The lowest BCUT2D eigenvalue weighted by molar-refractivity contribution is 0.501. The van der Waals surface area contributed by atoms with Gasteiger partial charge in [0, 0.05) is 10.6 Å². The van der Waals surface area contributed by atoms with Crippen molar-refractivity contribution in [3.05, 3.63) is 84.2 Å². The first kappa shape index (κ1) is 16.5. The third-order valence-corrected chi connectivity index (χ3v) is 5.66. The van der Waals surface area contributed by atoms with E-state index in [1.165, 1.54) is 42.5 Å². The van der Waals surface area contributed by atoms with Crippen molar-refractivity contribution in [2.45, 2.75) is 0 Å².